The van der Waals surface area contributed by atoms with Crippen molar-refractivity contribution in [2.24, 2.45) is 0 Å². The van der Waals surface area contributed by atoms with E-state index in [0.29, 0.717) is 6.04 Å². The molecule has 5 heteroatoms. The van der Waals surface area contributed by atoms with E-state index < -0.39 is 0 Å². The van der Waals surface area contributed by atoms with Crippen LogP contribution in [0.1, 0.15) is 32.0 Å². The molecule has 0 radical (unpaired) electrons. The summed E-state index contributed by atoms with van der Waals surface area (Å²) in [7, 11) is 0. The monoisotopic (exact) mass is 296 g/mol. The molecule has 1 aliphatic heterocycles. The topological polar surface area (TPSA) is 65.0 Å². The number of phenolic OH excluding ortho intramolecular Hbond substituents is 1. The predicted molar refractivity (Wildman–Crippen MR) is 88.5 cm³/mol. The standard InChI is InChI=1S/C17H20N4O/c1-10-5-3-4-8-21(10)17-15-13-9-12(22)6-7-14(13)20-16(15)18-11(2)19-17/h6-7,9-10,22H,3-5,8H2,1-2H3,(H,18,19,20). The second kappa shape index (κ2) is 4.87. The van der Waals surface area contributed by atoms with Gasteiger partial charge in [0.1, 0.15) is 23.0 Å². The first-order chi connectivity index (χ1) is 10.6. The van der Waals surface area contributed by atoms with Crippen LogP contribution < -0.4 is 4.90 Å². The minimum atomic E-state index is 0.270. The number of aromatic nitrogens is 3. The summed E-state index contributed by atoms with van der Waals surface area (Å²) in [6.45, 7) is 5.22. The zero-order chi connectivity index (χ0) is 15.3. The lowest BCUT2D eigenvalue weighted by molar-refractivity contribution is 0.476. The van der Waals surface area contributed by atoms with Gasteiger partial charge in [0.15, 0.2) is 0 Å². The zero-order valence-corrected chi connectivity index (χ0v) is 12.9. The van der Waals surface area contributed by atoms with Gasteiger partial charge in [0.25, 0.3) is 0 Å². The molecular weight excluding hydrogens is 276 g/mol. The summed E-state index contributed by atoms with van der Waals surface area (Å²) in [6.07, 6.45) is 3.67. The third-order valence-electron chi connectivity index (χ3n) is 4.60. The Morgan fingerprint density at radius 2 is 2.14 bits per heavy atom. The van der Waals surface area contributed by atoms with E-state index in [9.17, 15) is 5.11 Å². The van der Waals surface area contributed by atoms with E-state index in [1.54, 1.807) is 12.1 Å². The number of aromatic amines is 1. The van der Waals surface area contributed by atoms with Gasteiger partial charge in [-0.25, -0.2) is 9.97 Å². The Morgan fingerprint density at radius 1 is 1.27 bits per heavy atom. The highest BCUT2D eigenvalue weighted by atomic mass is 16.3. The first-order valence-corrected chi connectivity index (χ1v) is 7.89. The average Bonchev–Trinajstić information content (AvgIpc) is 2.84. The van der Waals surface area contributed by atoms with Gasteiger partial charge in [0.05, 0.1) is 5.39 Å². The Bertz CT molecular complexity index is 855. The number of nitrogens with zero attached hydrogens (tertiary/aromatic N) is 3. The molecule has 114 valence electrons. The SMILES string of the molecule is Cc1nc(N2CCCCC2C)c2c(n1)[nH]c1ccc(O)cc12. The Hall–Kier alpha value is -2.30. The maximum Gasteiger partial charge on any atom is 0.144 e. The third kappa shape index (κ3) is 2.00. The van der Waals surface area contributed by atoms with Crippen LogP contribution in [0.25, 0.3) is 21.9 Å². The van der Waals surface area contributed by atoms with Gasteiger partial charge in [-0.2, -0.15) is 0 Å². The summed E-state index contributed by atoms with van der Waals surface area (Å²) in [5, 5.41) is 11.9. The Morgan fingerprint density at radius 3 is 2.95 bits per heavy atom. The van der Waals surface area contributed by atoms with Crippen molar-refractivity contribution in [1.29, 1.82) is 0 Å². The molecule has 3 heterocycles. The number of benzene rings is 1. The molecule has 4 rings (SSSR count). The second-order valence-corrected chi connectivity index (χ2v) is 6.21. The largest absolute Gasteiger partial charge is 0.508 e. The average molecular weight is 296 g/mol. The van der Waals surface area contributed by atoms with E-state index in [-0.39, 0.29) is 5.75 Å². The fourth-order valence-corrected chi connectivity index (χ4v) is 3.49. The van der Waals surface area contributed by atoms with Gasteiger partial charge in [-0.05, 0) is 51.3 Å². The summed E-state index contributed by atoms with van der Waals surface area (Å²) >= 11 is 0. The molecule has 22 heavy (non-hydrogen) atoms. The van der Waals surface area contributed by atoms with Crippen LogP contribution in [0.3, 0.4) is 0 Å². The minimum absolute atomic E-state index is 0.270. The first kappa shape index (κ1) is 13.4. The van der Waals surface area contributed by atoms with Crippen LogP contribution in [0.5, 0.6) is 5.75 Å². The number of hydrogen-bond acceptors (Lipinski definition) is 4. The predicted octanol–water partition coefficient (Wildman–Crippen LogP) is 3.50. The van der Waals surface area contributed by atoms with Gasteiger partial charge in [-0.3, -0.25) is 0 Å². The summed E-state index contributed by atoms with van der Waals surface area (Å²) in [5.41, 5.74) is 1.83. The molecule has 2 aromatic heterocycles. The molecule has 2 N–H and O–H groups in total. The number of H-pyrrole nitrogens is 1. The van der Waals surface area contributed by atoms with Crippen molar-refractivity contribution in [1.82, 2.24) is 15.0 Å². The molecule has 0 amide bonds. The normalized spacial score (nSPS) is 19.2. The molecule has 1 aliphatic rings. The first-order valence-electron chi connectivity index (χ1n) is 7.89. The highest BCUT2D eigenvalue weighted by Gasteiger charge is 2.24. The maximum absolute atomic E-state index is 9.85. The van der Waals surface area contributed by atoms with Gasteiger partial charge in [0.2, 0.25) is 0 Å². The molecule has 0 bridgehead atoms. The number of hydrogen-bond donors (Lipinski definition) is 2. The lowest BCUT2D eigenvalue weighted by Crippen LogP contribution is -2.38. The molecule has 1 fully saturated rings. The molecule has 0 saturated carbocycles. The Labute approximate surface area is 129 Å². The summed E-state index contributed by atoms with van der Waals surface area (Å²) in [6, 6.07) is 5.87. The van der Waals surface area contributed by atoms with Crippen molar-refractivity contribution in [2.75, 3.05) is 11.4 Å². The van der Waals surface area contributed by atoms with E-state index in [1.165, 1.54) is 19.3 Å². The van der Waals surface area contributed by atoms with Gasteiger partial charge in [-0.1, -0.05) is 0 Å². The smallest absolute Gasteiger partial charge is 0.144 e. The number of aromatic hydroxyl groups is 1. The van der Waals surface area contributed by atoms with Gasteiger partial charge >= 0.3 is 0 Å². The summed E-state index contributed by atoms with van der Waals surface area (Å²) < 4.78 is 0. The lowest BCUT2D eigenvalue weighted by Gasteiger charge is -2.34. The quantitative estimate of drug-likeness (QED) is 0.721. The van der Waals surface area contributed by atoms with Crippen LogP contribution in [0.2, 0.25) is 0 Å². The zero-order valence-electron chi connectivity index (χ0n) is 12.9. The van der Waals surface area contributed by atoms with Gasteiger partial charge in [0, 0.05) is 23.5 Å². The number of anilines is 1. The van der Waals surface area contributed by atoms with Crippen molar-refractivity contribution < 1.29 is 5.11 Å². The van der Waals surface area contributed by atoms with Crippen molar-refractivity contribution in [3.05, 3.63) is 24.0 Å². The number of rotatable bonds is 1. The van der Waals surface area contributed by atoms with E-state index in [4.69, 9.17) is 4.98 Å². The Kier molecular flexibility index (Phi) is 2.96. The molecule has 1 unspecified atom stereocenters. The van der Waals surface area contributed by atoms with E-state index >= 15 is 0 Å². The molecule has 0 aliphatic carbocycles. The van der Waals surface area contributed by atoms with E-state index in [0.717, 1.165) is 40.1 Å². The maximum atomic E-state index is 9.85. The van der Waals surface area contributed by atoms with Crippen LogP contribution in [-0.2, 0) is 0 Å². The fraction of sp³-hybridized carbons (Fsp3) is 0.412. The lowest BCUT2D eigenvalue weighted by atomic mass is 10.0. The second-order valence-electron chi connectivity index (χ2n) is 6.21. The number of phenols is 1. The third-order valence-corrected chi connectivity index (χ3v) is 4.60. The van der Waals surface area contributed by atoms with Crippen LogP contribution >= 0.6 is 0 Å². The number of aryl methyl sites for hydroxylation is 1. The molecule has 1 atom stereocenters. The van der Waals surface area contributed by atoms with Crippen LogP contribution in [0, 0.1) is 6.92 Å². The Balaban J connectivity index is 2.03. The van der Waals surface area contributed by atoms with Crippen molar-refractivity contribution in [2.45, 2.75) is 39.2 Å². The number of nitrogens with one attached hydrogen (secondary N) is 1. The highest BCUT2D eigenvalue weighted by Crippen LogP contribution is 2.35. The molecule has 5 nitrogen and oxygen atoms in total. The summed E-state index contributed by atoms with van der Waals surface area (Å²) in [5.74, 6) is 2.04. The van der Waals surface area contributed by atoms with Crippen LogP contribution in [0.15, 0.2) is 18.2 Å². The molecule has 1 saturated heterocycles. The van der Waals surface area contributed by atoms with Gasteiger partial charge in [-0.15, -0.1) is 0 Å². The van der Waals surface area contributed by atoms with Gasteiger partial charge < -0.3 is 15.0 Å². The minimum Gasteiger partial charge on any atom is -0.508 e. The number of piperidine rings is 1. The van der Waals surface area contributed by atoms with Crippen molar-refractivity contribution >= 4 is 27.8 Å². The highest BCUT2D eigenvalue weighted by molar-refractivity contribution is 6.11. The number of fused-ring (bicyclic) bond motifs is 3. The molecule has 0 spiro atoms. The fourth-order valence-electron chi connectivity index (χ4n) is 3.49. The molecule has 1 aromatic carbocycles. The molecule has 3 aromatic rings. The summed E-state index contributed by atoms with van der Waals surface area (Å²) in [4.78, 5) is 15.0. The van der Waals surface area contributed by atoms with Crippen LogP contribution in [0.4, 0.5) is 5.82 Å². The van der Waals surface area contributed by atoms with Crippen LogP contribution in [-0.4, -0.2) is 32.6 Å². The van der Waals surface area contributed by atoms with Crippen molar-refractivity contribution in [3.63, 3.8) is 0 Å². The van der Waals surface area contributed by atoms with E-state index in [1.807, 2.05) is 13.0 Å². The van der Waals surface area contributed by atoms with Crippen molar-refractivity contribution in [3.8, 4) is 5.75 Å². The van der Waals surface area contributed by atoms with E-state index in [2.05, 4.69) is 21.8 Å². The molecular formula is C17H20N4O.